The van der Waals surface area contributed by atoms with Crippen LogP contribution in [-0.2, 0) is 14.1 Å². The van der Waals surface area contributed by atoms with Crippen molar-refractivity contribution in [3.63, 3.8) is 0 Å². The zero-order valence-corrected chi connectivity index (χ0v) is 45.9. The Morgan fingerprint density at radius 3 is 1.27 bits per heavy atom. The summed E-state index contributed by atoms with van der Waals surface area (Å²) < 4.78 is 3.98. The van der Waals surface area contributed by atoms with Crippen molar-refractivity contribution in [1.82, 2.24) is 24.1 Å². The maximum atomic E-state index is 13.3. The number of nitrogens with zero attached hydrogens (tertiary/aromatic N) is 3. The minimum Gasteiger partial charge on any atom is -0.364 e. The Balaban J connectivity index is 0.000000168. The van der Waals surface area contributed by atoms with Gasteiger partial charge < -0.3 is 19.1 Å². The molecule has 0 amide bonds. The zero-order chi connectivity index (χ0) is 55.4. The number of hydrogen-bond donors (Lipinski definition) is 2. The molecule has 0 aliphatic carbocycles. The van der Waals surface area contributed by atoms with Gasteiger partial charge in [-0.3, -0.25) is 19.2 Å². The van der Waals surface area contributed by atoms with Crippen LogP contribution in [0.5, 0.6) is 0 Å². The number of H-pyrrole nitrogens is 2. The monoisotopic (exact) mass is 1070 g/mol. The second-order valence-corrected chi connectivity index (χ2v) is 20.5. The van der Waals surface area contributed by atoms with Crippen LogP contribution in [0.1, 0.15) is 134 Å². The third kappa shape index (κ3) is 13.5. The first-order valence-corrected chi connectivity index (χ1v) is 26.9. The number of ketones is 3. The fraction of sp³-hybridized carbons (Fsp3) is 0.129. The quantitative estimate of drug-likeness (QED) is 0.0826. The van der Waals surface area contributed by atoms with Crippen molar-refractivity contribution in [3.05, 3.63) is 332 Å². The average molecular weight is 1070 g/mol. The van der Waals surface area contributed by atoms with Gasteiger partial charge in [-0.2, -0.15) is 0 Å². The van der Waals surface area contributed by atoms with Crippen molar-refractivity contribution in [2.75, 3.05) is 0 Å². The van der Waals surface area contributed by atoms with Gasteiger partial charge in [-0.1, -0.05) is 193 Å². The van der Waals surface area contributed by atoms with Crippen LogP contribution < -0.4 is 0 Å². The molecule has 0 radical (unpaired) electrons. The second-order valence-electron chi connectivity index (χ2n) is 19.6. The van der Waals surface area contributed by atoms with E-state index in [0.29, 0.717) is 39.3 Å². The Labute approximate surface area is 473 Å². The fourth-order valence-electron chi connectivity index (χ4n) is 9.45. The van der Waals surface area contributed by atoms with Gasteiger partial charge in [-0.15, -0.1) is 0 Å². The van der Waals surface area contributed by atoms with Gasteiger partial charge in [0, 0.05) is 71.5 Å². The van der Waals surface area contributed by atoms with E-state index < -0.39 is 0 Å². The molecule has 11 rings (SSSR count). The number of carbonyl (C=O) groups excluding carboxylic acids is 4. The number of thioether (sulfide) groups is 1. The third-order valence-corrected chi connectivity index (χ3v) is 14.8. The Morgan fingerprint density at radius 2 is 0.850 bits per heavy atom. The van der Waals surface area contributed by atoms with Gasteiger partial charge in [-0.05, 0) is 111 Å². The molecule has 5 heterocycles. The lowest BCUT2D eigenvalue weighted by atomic mass is 9.92. The zero-order valence-electron chi connectivity index (χ0n) is 45.1. The largest absolute Gasteiger partial charge is 0.364 e. The second kappa shape index (κ2) is 26.3. The van der Waals surface area contributed by atoms with E-state index in [4.69, 9.17) is 0 Å². The number of aromatic nitrogens is 5. The number of pyridine rings is 1. The number of rotatable bonds is 14. The van der Waals surface area contributed by atoms with Gasteiger partial charge >= 0.3 is 0 Å². The molecule has 2 atom stereocenters. The molecule has 2 unspecified atom stereocenters. The molecule has 0 saturated carbocycles. The van der Waals surface area contributed by atoms with Gasteiger partial charge in [0.2, 0.25) is 22.5 Å². The molecule has 0 aliphatic heterocycles. The Morgan fingerprint density at radius 1 is 0.425 bits per heavy atom. The number of aromatic amines is 2. The van der Waals surface area contributed by atoms with Crippen molar-refractivity contribution < 1.29 is 19.2 Å². The number of carbonyl (C=O) groups is 4. The van der Waals surface area contributed by atoms with Crippen LogP contribution in [0.4, 0.5) is 0 Å². The fourth-order valence-corrected chi connectivity index (χ4v) is 10.2. The van der Waals surface area contributed by atoms with Crippen LogP contribution in [0.3, 0.4) is 0 Å². The molecule has 80 heavy (non-hydrogen) atoms. The molecular formula is C70H65N5O4S. The lowest BCUT2D eigenvalue weighted by Gasteiger charge is -2.19. The van der Waals surface area contributed by atoms with Crippen molar-refractivity contribution in [2.24, 2.45) is 14.1 Å². The molecule has 6 aromatic carbocycles. The van der Waals surface area contributed by atoms with Crippen molar-refractivity contribution >= 4 is 34.2 Å². The predicted molar refractivity (Wildman–Crippen MR) is 323 cm³/mol. The molecule has 5 aromatic heterocycles. The van der Waals surface area contributed by atoms with Gasteiger partial charge in [0.15, 0.2) is 0 Å². The molecular weight excluding hydrogens is 1010 g/mol. The third-order valence-electron chi connectivity index (χ3n) is 13.9. The normalized spacial score (nSPS) is 11.4. The predicted octanol–water partition coefficient (Wildman–Crippen LogP) is 15.6. The van der Waals surface area contributed by atoms with Crippen LogP contribution in [0, 0.1) is 27.7 Å². The summed E-state index contributed by atoms with van der Waals surface area (Å²) in [4.78, 5) is 62.1. The number of hydrogen-bond acceptors (Lipinski definition) is 6. The minimum atomic E-state index is -0.171. The molecule has 0 aliphatic rings. The summed E-state index contributed by atoms with van der Waals surface area (Å²) in [5.41, 5.74) is 15.4. The molecule has 10 heteroatoms. The molecule has 9 nitrogen and oxygen atoms in total. The molecule has 2 N–H and O–H groups in total. The van der Waals surface area contributed by atoms with E-state index in [0.717, 1.165) is 67.4 Å². The summed E-state index contributed by atoms with van der Waals surface area (Å²) in [5, 5.41) is 0.756. The highest BCUT2D eigenvalue weighted by atomic mass is 32.2. The first-order valence-electron chi connectivity index (χ1n) is 26.1. The molecule has 0 spiro atoms. The molecule has 0 fully saturated rings. The van der Waals surface area contributed by atoms with Gasteiger partial charge in [-0.25, -0.2) is 4.98 Å². The number of aryl methyl sites for hydroxylation is 4. The SMILES string of the molecule is C.Cc1ccc(C(=O)Sc2ccccn2)cc1.Cc1ccc(C(=O)c2ccc(C(c3ccccc3)c3ccc(C(=O)c4ccc(C)cc4)n3C)[nH]2)cc1.Cc1ccc(C(=O)c2ccc(C(c3ccccc3)c3ccc[nH]3)n2C)cc1. The van der Waals surface area contributed by atoms with Crippen LogP contribution in [0.2, 0.25) is 0 Å². The van der Waals surface area contributed by atoms with E-state index in [2.05, 4.69) is 51.4 Å². The van der Waals surface area contributed by atoms with E-state index in [9.17, 15) is 19.2 Å². The number of nitrogens with one attached hydrogen (secondary N) is 2. The summed E-state index contributed by atoms with van der Waals surface area (Å²) >= 11 is 1.15. The Kier molecular flexibility index (Phi) is 18.7. The average Bonchev–Trinajstić information content (AvgIpc) is 4.34. The lowest BCUT2D eigenvalue weighted by Crippen LogP contribution is -2.13. The standard InChI is InChI=1S/C32H28N2O2.C24H22N2O.C13H11NOS.CH4/c1-21-9-13-24(14-10-21)31(35)27-18-17-26(33-27)30(23-7-5-4-6-8-23)28-19-20-29(34(28)3)32(36)25-15-11-22(2)12-16-25;1-17-10-12-19(13-11-17)24(27)22-15-14-21(26(22)2)23(20-9-6-16-25-20)18-7-4-3-5-8-18;1-10-5-7-11(8-6-10)13(15)16-12-4-2-3-9-14-12;/h4-20,30,33H,1-3H3;3-16,23,25H,1-2H3;2-9H,1H3;1H4. The first-order chi connectivity index (χ1) is 38.3. The van der Waals surface area contributed by atoms with Crippen molar-refractivity contribution in [3.8, 4) is 0 Å². The maximum Gasteiger partial charge on any atom is 0.225 e. The molecule has 0 saturated heterocycles. The lowest BCUT2D eigenvalue weighted by molar-refractivity contribution is 0.102. The molecule has 0 bridgehead atoms. The number of benzene rings is 6. The smallest absolute Gasteiger partial charge is 0.225 e. The van der Waals surface area contributed by atoms with E-state index in [1.54, 1.807) is 6.20 Å². The van der Waals surface area contributed by atoms with Gasteiger partial charge in [0.1, 0.15) is 5.03 Å². The van der Waals surface area contributed by atoms with E-state index in [1.807, 2.05) is 245 Å². The highest BCUT2D eigenvalue weighted by molar-refractivity contribution is 8.14. The summed E-state index contributed by atoms with van der Waals surface area (Å²) in [5.74, 6) is -0.143. The Bertz CT molecular complexity index is 3800. The van der Waals surface area contributed by atoms with E-state index in [-0.39, 0.29) is 41.7 Å². The topological polar surface area (TPSA) is 123 Å². The molecule has 11 aromatic rings. The maximum absolute atomic E-state index is 13.3. The minimum absolute atomic E-state index is 0. The van der Waals surface area contributed by atoms with Crippen molar-refractivity contribution in [1.29, 1.82) is 0 Å². The van der Waals surface area contributed by atoms with Crippen molar-refractivity contribution in [2.45, 2.75) is 52.0 Å². The summed E-state index contributed by atoms with van der Waals surface area (Å²) in [6.07, 6.45) is 3.62. The van der Waals surface area contributed by atoms with E-state index >= 15 is 0 Å². The van der Waals surface area contributed by atoms with Crippen LogP contribution in [0.15, 0.2) is 242 Å². The molecule has 400 valence electrons. The summed E-state index contributed by atoms with van der Waals surface area (Å²) in [7, 11) is 3.89. The van der Waals surface area contributed by atoms with Crippen LogP contribution >= 0.6 is 11.8 Å². The highest BCUT2D eigenvalue weighted by Crippen LogP contribution is 2.35. The summed E-state index contributed by atoms with van der Waals surface area (Å²) in [6, 6.07) is 72.3. The first kappa shape index (κ1) is 56.8. The van der Waals surface area contributed by atoms with Gasteiger partial charge in [0.25, 0.3) is 0 Å². The van der Waals surface area contributed by atoms with Crippen LogP contribution in [0.25, 0.3) is 0 Å². The summed E-state index contributed by atoms with van der Waals surface area (Å²) in [6.45, 7) is 8.03. The Hall–Kier alpha value is -9.38. The van der Waals surface area contributed by atoms with Crippen LogP contribution in [-0.4, -0.2) is 46.6 Å². The highest BCUT2D eigenvalue weighted by Gasteiger charge is 2.26. The van der Waals surface area contributed by atoms with Gasteiger partial charge in [0.05, 0.1) is 28.9 Å². The van der Waals surface area contributed by atoms with E-state index in [1.165, 1.54) is 5.56 Å².